The zero-order chi connectivity index (χ0) is 15.9. The van der Waals surface area contributed by atoms with Crippen LogP contribution >= 0.6 is 0 Å². The van der Waals surface area contributed by atoms with Crippen LogP contribution in [0.1, 0.15) is 43.5 Å². The van der Waals surface area contributed by atoms with Gasteiger partial charge in [-0.1, -0.05) is 42.5 Å². The van der Waals surface area contributed by atoms with E-state index in [0.717, 1.165) is 18.7 Å². The van der Waals surface area contributed by atoms with Crippen molar-refractivity contribution >= 4 is 0 Å². The molecule has 0 saturated carbocycles. The summed E-state index contributed by atoms with van der Waals surface area (Å²) in [5, 5.41) is 3.61. The summed E-state index contributed by atoms with van der Waals surface area (Å²) in [6.45, 7) is 9.45. The maximum Gasteiger partial charge on any atom is 0.124 e. The average molecular weight is 297 g/mol. The Morgan fingerprint density at radius 3 is 2.36 bits per heavy atom. The summed E-state index contributed by atoms with van der Waals surface area (Å²) >= 11 is 0. The molecule has 0 spiro atoms. The van der Waals surface area contributed by atoms with Gasteiger partial charge in [0, 0.05) is 11.6 Å². The zero-order valence-corrected chi connectivity index (χ0v) is 14.1. The molecule has 0 heterocycles. The molecule has 2 heteroatoms. The molecule has 0 saturated heterocycles. The lowest BCUT2D eigenvalue weighted by atomic mass is 10.0. The molecule has 0 fully saturated rings. The third-order valence-corrected chi connectivity index (χ3v) is 3.85. The first-order valence-corrected chi connectivity index (χ1v) is 8.11. The second-order valence-electron chi connectivity index (χ2n) is 6.06. The van der Waals surface area contributed by atoms with Crippen LogP contribution in [0.2, 0.25) is 0 Å². The molecule has 1 atom stereocenters. The fourth-order valence-corrected chi connectivity index (χ4v) is 2.62. The summed E-state index contributed by atoms with van der Waals surface area (Å²) in [7, 11) is 0. The minimum absolute atomic E-state index is 0.195. The van der Waals surface area contributed by atoms with Gasteiger partial charge in [0.05, 0.1) is 6.10 Å². The Morgan fingerprint density at radius 1 is 0.955 bits per heavy atom. The van der Waals surface area contributed by atoms with E-state index in [2.05, 4.69) is 75.5 Å². The highest BCUT2D eigenvalue weighted by Gasteiger charge is 2.11. The SMILES string of the molecule is Cc1ccccc1CCNC(C)c1ccccc1OC(C)C. The van der Waals surface area contributed by atoms with Gasteiger partial charge < -0.3 is 10.1 Å². The quantitative estimate of drug-likeness (QED) is 0.801. The maximum atomic E-state index is 5.91. The van der Waals surface area contributed by atoms with Crippen molar-refractivity contribution in [3.8, 4) is 5.75 Å². The van der Waals surface area contributed by atoms with E-state index >= 15 is 0 Å². The van der Waals surface area contributed by atoms with Gasteiger partial charge in [-0.2, -0.15) is 0 Å². The molecule has 1 N–H and O–H groups in total. The molecule has 2 aromatic rings. The molecule has 0 aliphatic carbocycles. The standard InChI is InChI=1S/C20H27NO/c1-15(2)22-20-12-8-7-11-19(20)17(4)21-14-13-18-10-6-5-9-16(18)3/h5-12,15,17,21H,13-14H2,1-4H3. The lowest BCUT2D eigenvalue weighted by molar-refractivity contribution is 0.238. The minimum Gasteiger partial charge on any atom is -0.491 e. The second-order valence-corrected chi connectivity index (χ2v) is 6.06. The van der Waals surface area contributed by atoms with E-state index in [1.54, 1.807) is 0 Å². The summed E-state index contributed by atoms with van der Waals surface area (Å²) < 4.78 is 5.91. The first-order valence-electron chi connectivity index (χ1n) is 8.11. The molecule has 0 aliphatic rings. The van der Waals surface area contributed by atoms with Crippen molar-refractivity contribution in [1.29, 1.82) is 0 Å². The Morgan fingerprint density at radius 2 is 1.64 bits per heavy atom. The second kappa shape index (κ2) is 8.00. The van der Waals surface area contributed by atoms with Gasteiger partial charge in [-0.25, -0.2) is 0 Å². The number of para-hydroxylation sites is 1. The lowest BCUT2D eigenvalue weighted by Gasteiger charge is -2.20. The predicted molar refractivity (Wildman–Crippen MR) is 93.5 cm³/mol. The molecule has 0 amide bonds. The van der Waals surface area contributed by atoms with Crippen LogP contribution in [0.3, 0.4) is 0 Å². The van der Waals surface area contributed by atoms with Crippen LogP contribution in [-0.2, 0) is 6.42 Å². The Labute approximate surface area is 134 Å². The van der Waals surface area contributed by atoms with Crippen molar-refractivity contribution in [2.45, 2.75) is 46.3 Å². The van der Waals surface area contributed by atoms with Gasteiger partial charge in [0.1, 0.15) is 5.75 Å². The van der Waals surface area contributed by atoms with Crippen LogP contribution in [0.4, 0.5) is 0 Å². The van der Waals surface area contributed by atoms with Crippen molar-refractivity contribution in [2.75, 3.05) is 6.54 Å². The molecular weight excluding hydrogens is 270 g/mol. The highest BCUT2D eigenvalue weighted by Crippen LogP contribution is 2.25. The first-order chi connectivity index (χ1) is 10.6. The number of hydrogen-bond acceptors (Lipinski definition) is 2. The third-order valence-electron chi connectivity index (χ3n) is 3.85. The molecule has 0 bridgehead atoms. The van der Waals surface area contributed by atoms with Crippen LogP contribution < -0.4 is 10.1 Å². The fraction of sp³-hybridized carbons (Fsp3) is 0.400. The molecule has 0 radical (unpaired) electrons. The molecule has 1 unspecified atom stereocenters. The molecule has 2 rings (SSSR count). The third kappa shape index (κ3) is 4.60. The van der Waals surface area contributed by atoms with Crippen LogP contribution in [0.25, 0.3) is 0 Å². The fourth-order valence-electron chi connectivity index (χ4n) is 2.62. The number of rotatable bonds is 7. The van der Waals surface area contributed by atoms with Crippen molar-refractivity contribution < 1.29 is 4.74 Å². The summed E-state index contributed by atoms with van der Waals surface area (Å²) in [6, 6.07) is 17.1. The lowest BCUT2D eigenvalue weighted by Crippen LogP contribution is -2.22. The van der Waals surface area contributed by atoms with E-state index in [1.807, 2.05) is 6.07 Å². The van der Waals surface area contributed by atoms with Crippen LogP contribution in [0.15, 0.2) is 48.5 Å². The molecule has 0 aliphatic heterocycles. The summed E-state index contributed by atoms with van der Waals surface area (Å²) in [6.07, 6.45) is 1.24. The smallest absolute Gasteiger partial charge is 0.124 e. The summed E-state index contributed by atoms with van der Waals surface area (Å²) in [4.78, 5) is 0. The first kappa shape index (κ1) is 16.6. The van der Waals surface area contributed by atoms with Crippen molar-refractivity contribution in [2.24, 2.45) is 0 Å². The molecule has 2 aromatic carbocycles. The zero-order valence-electron chi connectivity index (χ0n) is 14.1. The van der Waals surface area contributed by atoms with E-state index in [0.29, 0.717) is 0 Å². The van der Waals surface area contributed by atoms with E-state index in [4.69, 9.17) is 4.74 Å². The molecule has 118 valence electrons. The Bertz CT molecular complexity index is 592. The van der Waals surface area contributed by atoms with Crippen LogP contribution in [0.5, 0.6) is 5.75 Å². The van der Waals surface area contributed by atoms with Gasteiger partial charge in [0.2, 0.25) is 0 Å². The Kier molecular flexibility index (Phi) is 6.02. The van der Waals surface area contributed by atoms with Gasteiger partial charge in [-0.15, -0.1) is 0 Å². The van der Waals surface area contributed by atoms with E-state index in [-0.39, 0.29) is 12.1 Å². The van der Waals surface area contributed by atoms with Gasteiger partial charge >= 0.3 is 0 Å². The number of nitrogens with one attached hydrogen (secondary N) is 1. The van der Waals surface area contributed by atoms with E-state index in [1.165, 1.54) is 16.7 Å². The van der Waals surface area contributed by atoms with Crippen molar-refractivity contribution in [1.82, 2.24) is 5.32 Å². The maximum absolute atomic E-state index is 5.91. The average Bonchev–Trinajstić information content (AvgIpc) is 2.49. The van der Waals surface area contributed by atoms with Crippen LogP contribution in [-0.4, -0.2) is 12.6 Å². The predicted octanol–water partition coefficient (Wildman–Crippen LogP) is 4.68. The minimum atomic E-state index is 0.195. The van der Waals surface area contributed by atoms with Gasteiger partial charge in [-0.3, -0.25) is 0 Å². The highest BCUT2D eigenvalue weighted by molar-refractivity contribution is 5.35. The Balaban J connectivity index is 1.95. The molecule has 2 nitrogen and oxygen atoms in total. The summed E-state index contributed by atoms with van der Waals surface area (Å²) in [5.41, 5.74) is 4.00. The molecular formula is C20H27NO. The van der Waals surface area contributed by atoms with Crippen molar-refractivity contribution in [3.05, 3.63) is 65.2 Å². The largest absolute Gasteiger partial charge is 0.491 e. The number of benzene rings is 2. The van der Waals surface area contributed by atoms with Crippen LogP contribution in [0, 0.1) is 6.92 Å². The molecule has 22 heavy (non-hydrogen) atoms. The topological polar surface area (TPSA) is 21.3 Å². The number of aryl methyl sites for hydroxylation is 1. The normalized spacial score (nSPS) is 12.4. The van der Waals surface area contributed by atoms with E-state index in [9.17, 15) is 0 Å². The van der Waals surface area contributed by atoms with Gasteiger partial charge in [-0.05, 0) is 57.9 Å². The van der Waals surface area contributed by atoms with Gasteiger partial charge in [0.25, 0.3) is 0 Å². The Hall–Kier alpha value is -1.80. The highest BCUT2D eigenvalue weighted by atomic mass is 16.5. The van der Waals surface area contributed by atoms with E-state index < -0.39 is 0 Å². The number of hydrogen-bond donors (Lipinski definition) is 1. The summed E-state index contributed by atoms with van der Waals surface area (Å²) in [5.74, 6) is 0.980. The van der Waals surface area contributed by atoms with Crippen molar-refractivity contribution in [3.63, 3.8) is 0 Å². The van der Waals surface area contributed by atoms with Gasteiger partial charge in [0.15, 0.2) is 0 Å². The monoisotopic (exact) mass is 297 g/mol. The molecule has 0 aromatic heterocycles. The number of ether oxygens (including phenoxy) is 1.